The number of thiocarbonyl (C=S) groups is 1. The molecule has 0 radical (unpaired) electrons. The molecule has 1 aliphatic rings. The molecule has 1 aromatic heterocycles. The average Bonchev–Trinajstić information content (AvgIpc) is 3.16. The van der Waals surface area contributed by atoms with E-state index < -0.39 is 0 Å². The van der Waals surface area contributed by atoms with E-state index in [-0.39, 0.29) is 0 Å². The van der Waals surface area contributed by atoms with Crippen molar-refractivity contribution in [2.75, 3.05) is 33.4 Å². The van der Waals surface area contributed by atoms with Crippen molar-refractivity contribution in [1.82, 2.24) is 10.2 Å². The minimum Gasteiger partial charge on any atom is -0.385 e. The molecular weight excluding hydrogens is 304 g/mol. The molecule has 6 heteroatoms. The zero-order valence-electron chi connectivity index (χ0n) is 12.5. The predicted molar refractivity (Wildman–Crippen MR) is 90.8 cm³/mol. The lowest BCUT2D eigenvalue weighted by Gasteiger charge is -2.28. The Morgan fingerprint density at radius 3 is 3.19 bits per heavy atom. The minimum atomic E-state index is 0.309. The van der Waals surface area contributed by atoms with Gasteiger partial charge in [0.15, 0.2) is 5.11 Å². The van der Waals surface area contributed by atoms with Crippen LogP contribution in [0.15, 0.2) is 17.5 Å². The fraction of sp³-hybridized carbons (Fsp3) is 0.667. The van der Waals surface area contributed by atoms with Gasteiger partial charge in [0.25, 0.3) is 0 Å². The van der Waals surface area contributed by atoms with Crippen molar-refractivity contribution < 1.29 is 9.47 Å². The molecule has 0 saturated carbocycles. The van der Waals surface area contributed by atoms with Gasteiger partial charge in [0.1, 0.15) is 0 Å². The maximum Gasteiger partial charge on any atom is 0.169 e. The van der Waals surface area contributed by atoms with Crippen molar-refractivity contribution in [3.63, 3.8) is 0 Å². The van der Waals surface area contributed by atoms with Gasteiger partial charge in [0.05, 0.1) is 12.6 Å². The molecule has 1 fully saturated rings. The summed E-state index contributed by atoms with van der Waals surface area (Å²) in [6.45, 7) is 4.21. The van der Waals surface area contributed by atoms with Crippen molar-refractivity contribution in [3.05, 3.63) is 22.4 Å². The Morgan fingerprint density at radius 2 is 2.52 bits per heavy atom. The molecule has 1 aliphatic heterocycles. The van der Waals surface area contributed by atoms with E-state index >= 15 is 0 Å². The molecule has 0 amide bonds. The van der Waals surface area contributed by atoms with E-state index in [2.05, 4.69) is 27.7 Å². The fourth-order valence-electron chi connectivity index (χ4n) is 2.37. The molecule has 0 unspecified atom stereocenters. The van der Waals surface area contributed by atoms with E-state index in [1.54, 1.807) is 18.4 Å². The van der Waals surface area contributed by atoms with Gasteiger partial charge in [-0.3, -0.25) is 0 Å². The zero-order valence-corrected chi connectivity index (χ0v) is 14.2. The fourth-order valence-corrected chi connectivity index (χ4v) is 3.33. The quantitative estimate of drug-likeness (QED) is 0.586. The van der Waals surface area contributed by atoms with Gasteiger partial charge in [-0.25, -0.2) is 0 Å². The van der Waals surface area contributed by atoms with Crippen LogP contribution in [0.25, 0.3) is 0 Å². The van der Waals surface area contributed by atoms with Crippen LogP contribution in [0.3, 0.4) is 0 Å². The SMILES string of the molecule is COCCCNC(=S)N(Cc1cccs1)C[C@H]1CCCO1. The smallest absolute Gasteiger partial charge is 0.169 e. The first-order valence-electron chi connectivity index (χ1n) is 7.45. The Bertz CT molecular complexity index is 406. The third kappa shape index (κ3) is 5.90. The molecule has 2 heterocycles. The van der Waals surface area contributed by atoms with Crippen molar-refractivity contribution in [2.24, 2.45) is 0 Å². The van der Waals surface area contributed by atoms with Crippen LogP contribution >= 0.6 is 23.6 Å². The van der Waals surface area contributed by atoms with Gasteiger partial charge in [0, 0.05) is 38.3 Å². The number of hydrogen-bond donors (Lipinski definition) is 1. The van der Waals surface area contributed by atoms with Gasteiger partial charge >= 0.3 is 0 Å². The number of hydrogen-bond acceptors (Lipinski definition) is 4. The van der Waals surface area contributed by atoms with Crippen LogP contribution in [0.4, 0.5) is 0 Å². The monoisotopic (exact) mass is 328 g/mol. The summed E-state index contributed by atoms with van der Waals surface area (Å²) in [7, 11) is 1.72. The molecule has 2 rings (SSSR count). The first-order chi connectivity index (χ1) is 10.3. The summed E-state index contributed by atoms with van der Waals surface area (Å²) < 4.78 is 10.8. The number of ether oxygens (including phenoxy) is 2. The predicted octanol–water partition coefficient (Wildman–Crippen LogP) is 2.64. The third-order valence-electron chi connectivity index (χ3n) is 3.46. The highest BCUT2D eigenvalue weighted by atomic mass is 32.1. The Labute approximate surface area is 136 Å². The van der Waals surface area contributed by atoms with Gasteiger partial charge in [0.2, 0.25) is 0 Å². The summed E-state index contributed by atoms with van der Waals surface area (Å²) in [5.74, 6) is 0. The van der Waals surface area contributed by atoms with Gasteiger partial charge < -0.3 is 19.7 Å². The zero-order chi connectivity index (χ0) is 14.9. The second-order valence-corrected chi connectivity index (χ2v) is 6.59. The van der Waals surface area contributed by atoms with Gasteiger partial charge in [-0.05, 0) is 42.9 Å². The first-order valence-corrected chi connectivity index (χ1v) is 8.74. The van der Waals surface area contributed by atoms with E-state index in [0.29, 0.717) is 6.10 Å². The molecule has 1 aromatic rings. The summed E-state index contributed by atoms with van der Waals surface area (Å²) in [6, 6.07) is 4.24. The highest BCUT2D eigenvalue weighted by Crippen LogP contribution is 2.17. The van der Waals surface area contributed by atoms with E-state index in [9.17, 15) is 0 Å². The summed E-state index contributed by atoms with van der Waals surface area (Å²) in [6.07, 6.45) is 3.56. The molecule has 4 nitrogen and oxygen atoms in total. The highest BCUT2D eigenvalue weighted by Gasteiger charge is 2.21. The molecule has 1 saturated heterocycles. The first kappa shape index (κ1) is 16.7. The lowest BCUT2D eigenvalue weighted by Crippen LogP contribution is -2.43. The summed E-state index contributed by atoms with van der Waals surface area (Å²) in [5, 5.41) is 6.25. The Hall–Kier alpha value is -0.690. The van der Waals surface area contributed by atoms with E-state index in [1.165, 1.54) is 4.88 Å². The molecule has 1 atom stereocenters. The van der Waals surface area contributed by atoms with Crippen LogP contribution in [-0.2, 0) is 16.0 Å². The molecule has 118 valence electrons. The standard InChI is InChI=1S/C15H24N2O2S2/c1-18-8-4-7-16-15(20)17(11-13-5-2-9-19-13)12-14-6-3-10-21-14/h3,6,10,13H,2,4-5,7-9,11-12H2,1H3,(H,16,20)/t13-/m1/s1. The maximum atomic E-state index is 5.75. The summed E-state index contributed by atoms with van der Waals surface area (Å²) in [4.78, 5) is 3.55. The van der Waals surface area contributed by atoms with Crippen molar-refractivity contribution in [3.8, 4) is 0 Å². The second-order valence-electron chi connectivity index (χ2n) is 5.17. The Balaban J connectivity index is 1.85. The van der Waals surface area contributed by atoms with E-state index in [0.717, 1.165) is 57.2 Å². The molecule has 1 N–H and O–H groups in total. The molecular formula is C15H24N2O2S2. The summed E-state index contributed by atoms with van der Waals surface area (Å²) in [5.41, 5.74) is 0. The molecule has 0 aliphatic carbocycles. The molecule has 0 spiro atoms. The van der Waals surface area contributed by atoms with Crippen molar-refractivity contribution in [2.45, 2.75) is 31.9 Å². The van der Waals surface area contributed by atoms with Gasteiger partial charge in [-0.1, -0.05) is 6.07 Å². The number of methoxy groups -OCH3 is 1. The van der Waals surface area contributed by atoms with Gasteiger partial charge in [-0.15, -0.1) is 11.3 Å². The lowest BCUT2D eigenvalue weighted by molar-refractivity contribution is 0.0899. The molecule has 0 aromatic carbocycles. The Morgan fingerprint density at radius 1 is 1.62 bits per heavy atom. The van der Waals surface area contributed by atoms with Gasteiger partial charge in [-0.2, -0.15) is 0 Å². The minimum absolute atomic E-state index is 0.309. The van der Waals surface area contributed by atoms with Crippen LogP contribution < -0.4 is 5.32 Å². The molecule has 0 bridgehead atoms. The summed E-state index contributed by atoms with van der Waals surface area (Å²) >= 11 is 7.32. The van der Waals surface area contributed by atoms with Crippen molar-refractivity contribution in [1.29, 1.82) is 0 Å². The number of thiophene rings is 1. The number of rotatable bonds is 8. The van der Waals surface area contributed by atoms with Crippen LogP contribution in [0.1, 0.15) is 24.1 Å². The number of nitrogens with zero attached hydrogens (tertiary/aromatic N) is 1. The molecule has 21 heavy (non-hydrogen) atoms. The average molecular weight is 329 g/mol. The largest absolute Gasteiger partial charge is 0.385 e. The van der Waals surface area contributed by atoms with Crippen LogP contribution in [0, 0.1) is 0 Å². The normalized spacial score (nSPS) is 17.9. The van der Waals surface area contributed by atoms with E-state index in [1.807, 2.05) is 0 Å². The lowest BCUT2D eigenvalue weighted by atomic mass is 10.2. The van der Waals surface area contributed by atoms with E-state index in [4.69, 9.17) is 21.7 Å². The number of nitrogens with one attached hydrogen (secondary N) is 1. The van der Waals surface area contributed by atoms with Crippen molar-refractivity contribution >= 4 is 28.7 Å². The highest BCUT2D eigenvalue weighted by molar-refractivity contribution is 7.80. The van der Waals surface area contributed by atoms with Crippen LogP contribution in [-0.4, -0.2) is 49.5 Å². The van der Waals surface area contributed by atoms with Crippen LogP contribution in [0.5, 0.6) is 0 Å². The second kappa shape index (κ2) is 9.35. The van der Waals surface area contributed by atoms with Crippen LogP contribution in [0.2, 0.25) is 0 Å². The Kier molecular flexibility index (Phi) is 7.43. The maximum absolute atomic E-state index is 5.75. The third-order valence-corrected chi connectivity index (χ3v) is 4.73. The topological polar surface area (TPSA) is 33.7 Å².